The van der Waals surface area contributed by atoms with Crippen molar-refractivity contribution in [3.63, 3.8) is 0 Å². The minimum atomic E-state index is -0.990. The molecule has 1 heterocycles. The Morgan fingerprint density at radius 2 is 1.92 bits per heavy atom. The average molecular weight is 376 g/mol. The van der Waals surface area contributed by atoms with Crippen LogP contribution in [-0.2, 0) is 20.9 Å². The maximum absolute atomic E-state index is 13.7. The van der Waals surface area contributed by atoms with Crippen LogP contribution >= 0.6 is 11.6 Å². The van der Waals surface area contributed by atoms with Crippen molar-refractivity contribution in [3.8, 4) is 5.75 Å². The van der Waals surface area contributed by atoms with Gasteiger partial charge in [0.15, 0.2) is 11.6 Å². The molecule has 2 aromatic carbocycles. The lowest BCUT2D eigenvalue weighted by atomic mass is 9.97. The van der Waals surface area contributed by atoms with Crippen molar-refractivity contribution in [2.75, 3.05) is 14.2 Å². The van der Waals surface area contributed by atoms with E-state index in [-0.39, 0.29) is 12.3 Å². The van der Waals surface area contributed by atoms with Gasteiger partial charge in [0.05, 0.1) is 26.5 Å². The van der Waals surface area contributed by atoms with E-state index in [1.165, 1.54) is 30.2 Å². The van der Waals surface area contributed by atoms with E-state index >= 15 is 0 Å². The molecule has 0 radical (unpaired) electrons. The number of carbonyl (C=O) groups excluding carboxylic acids is 2. The minimum Gasteiger partial charge on any atom is -0.494 e. The average Bonchev–Trinajstić information content (AvgIpc) is 2.66. The summed E-state index contributed by atoms with van der Waals surface area (Å²) in [6, 6.07) is 9.51. The van der Waals surface area contributed by atoms with Gasteiger partial charge in [-0.2, -0.15) is 0 Å². The molecule has 0 saturated heterocycles. The van der Waals surface area contributed by atoms with Crippen LogP contribution in [0.1, 0.15) is 16.7 Å². The Morgan fingerprint density at radius 1 is 1.15 bits per heavy atom. The van der Waals surface area contributed by atoms with E-state index in [9.17, 15) is 14.0 Å². The molecular formula is C19H15ClFNO4. The van der Waals surface area contributed by atoms with E-state index < -0.39 is 17.7 Å². The Hall–Kier alpha value is -2.86. The Bertz CT molecular complexity index is 926. The van der Waals surface area contributed by atoms with E-state index in [4.69, 9.17) is 16.3 Å². The quantitative estimate of drug-likeness (QED) is 0.595. The molecule has 0 spiro atoms. The number of hydrogen-bond acceptors (Lipinski definition) is 4. The highest BCUT2D eigenvalue weighted by Crippen LogP contribution is 2.34. The van der Waals surface area contributed by atoms with Crippen LogP contribution in [0, 0.1) is 5.82 Å². The number of halogens is 2. The summed E-state index contributed by atoms with van der Waals surface area (Å²) in [5.41, 5.74) is 2.60. The second-order valence-corrected chi connectivity index (χ2v) is 6.04. The van der Waals surface area contributed by atoms with Gasteiger partial charge < -0.3 is 9.47 Å². The van der Waals surface area contributed by atoms with E-state index in [1.54, 1.807) is 18.2 Å². The Labute approximate surface area is 154 Å². The standard InChI is InChI=1S/C19H15ClFNO4/c1-25-17-9-12(4-6-15(17)21)16-8-11-3-5-14(20)7-13(11)10-22(16)18(23)19(24)26-2/h3-9H,10H2,1-2H3. The number of benzene rings is 2. The van der Waals surface area contributed by atoms with Gasteiger partial charge in [-0.25, -0.2) is 9.18 Å². The van der Waals surface area contributed by atoms with Gasteiger partial charge in [-0.1, -0.05) is 17.7 Å². The first-order valence-corrected chi connectivity index (χ1v) is 8.06. The lowest BCUT2D eigenvalue weighted by Crippen LogP contribution is -2.37. The summed E-state index contributed by atoms with van der Waals surface area (Å²) in [6.45, 7) is 0.134. The lowest BCUT2D eigenvalue weighted by molar-refractivity contribution is -0.156. The van der Waals surface area contributed by atoms with E-state index in [2.05, 4.69) is 4.74 Å². The highest BCUT2D eigenvalue weighted by molar-refractivity contribution is 6.34. The lowest BCUT2D eigenvalue weighted by Gasteiger charge is -2.29. The number of hydrogen-bond donors (Lipinski definition) is 0. The molecule has 3 rings (SSSR count). The Balaban J connectivity index is 2.14. The number of esters is 1. The van der Waals surface area contributed by atoms with Gasteiger partial charge in [-0.15, -0.1) is 0 Å². The molecule has 26 heavy (non-hydrogen) atoms. The van der Waals surface area contributed by atoms with Crippen LogP contribution in [0.15, 0.2) is 36.4 Å². The summed E-state index contributed by atoms with van der Waals surface area (Å²) >= 11 is 6.03. The van der Waals surface area contributed by atoms with Crippen LogP contribution in [0.2, 0.25) is 5.02 Å². The van der Waals surface area contributed by atoms with Crippen LogP contribution < -0.4 is 4.74 Å². The molecule has 0 fully saturated rings. The highest BCUT2D eigenvalue weighted by Gasteiger charge is 2.30. The second kappa shape index (κ2) is 7.17. The second-order valence-electron chi connectivity index (χ2n) is 5.60. The van der Waals surface area contributed by atoms with Gasteiger partial charge in [0.2, 0.25) is 0 Å². The maximum atomic E-state index is 13.7. The van der Waals surface area contributed by atoms with E-state index in [1.807, 2.05) is 6.07 Å². The largest absolute Gasteiger partial charge is 0.494 e. The fourth-order valence-corrected chi connectivity index (χ4v) is 2.96. The van der Waals surface area contributed by atoms with E-state index in [0.29, 0.717) is 16.3 Å². The van der Waals surface area contributed by atoms with Crippen molar-refractivity contribution in [1.82, 2.24) is 4.90 Å². The molecule has 0 unspecified atom stereocenters. The van der Waals surface area contributed by atoms with Crippen LogP contribution in [-0.4, -0.2) is 31.0 Å². The van der Waals surface area contributed by atoms with Crippen LogP contribution in [0.3, 0.4) is 0 Å². The fourth-order valence-electron chi connectivity index (χ4n) is 2.77. The molecule has 7 heteroatoms. The topological polar surface area (TPSA) is 55.8 Å². The van der Waals surface area contributed by atoms with Crippen molar-refractivity contribution in [1.29, 1.82) is 0 Å². The van der Waals surface area contributed by atoms with Gasteiger partial charge in [-0.05, 0) is 47.5 Å². The summed E-state index contributed by atoms with van der Waals surface area (Å²) in [6.07, 6.45) is 1.74. The van der Waals surface area contributed by atoms with E-state index in [0.717, 1.165) is 18.2 Å². The predicted octanol–water partition coefficient (Wildman–Crippen LogP) is 3.50. The first-order valence-electron chi connectivity index (χ1n) is 7.68. The monoisotopic (exact) mass is 375 g/mol. The molecular weight excluding hydrogens is 361 g/mol. The normalized spacial score (nSPS) is 12.9. The zero-order chi connectivity index (χ0) is 18.8. The molecule has 1 aliphatic rings. The van der Waals surface area contributed by atoms with Crippen molar-refractivity contribution in [2.24, 2.45) is 0 Å². The first-order chi connectivity index (χ1) is 12.4. The molecule has 1 aliphatic heterocycles. The number of nitrogens with zero attached hydrogens (tertiary/aromatic N) is 1. The third-order valence-electron chi connectivity index (χ3n) is 4.07. The third kappa shape index (κ3) is 3.28. The molecule has 0 N–H and O–H groups in total. The number of fused-ring (bicyclic) bond motifs is 1. The summed E-state index contributed by atoms with van der Waals surface area (Å²) in [5.74, 6) is -2.30. The van der Waals surface area contributed by atoms with Gasteiger partial charge in [0.1, 0.15) is 0 Å². The molecule has 5 nitrogen and oxygen atoms in total. The highest BCUT2D eigenvalue weighted by atomic mass is 35.5. The van der Waals surface area contributed by atoms with Crippen LogP contribution in [0.25, 0.3) is 11.8 Å². The summed E-state index contributed by atoms with van der Waals surface area (Å²) in [4.78, 5) is 25.6. The Morgan fingerprint density at radius 3 is 2.62 bits per heavy atom. The minimum absolute atomic E-state index is 0.0378. The number of ether oxygens (including phenoxy) is 2. The van der Waals surface area contributed by atoms with Crippen molar-refractivity contribution in [3.05, 3.63) is 63.9 Å². The molecule has 0 aromatic heterocycles. The fraction of sp³-hybridized carbons (Fsp3) is 0.158. The molecule has 0 saturated carbocycles. The van der Waals surface area contributed by atoms with Gasteiger partial charge in [-0.3, -0.25) is 9.69 Å². The van der Waals surface area contributed by atoms with Crippen LogP contribution in [0.5, 0.6) is 5.75 Å². The van der Waals surface area contributed by atoms with Gasteiger partial charge in [0, 0.05) is 10.6 Å². The van der Waals surface area contributed by atoms with Gasteiger partial charge >= 0.3 is 11.9 Å². The number of carbonyl (C=O) groups is 2. The maximum Gasteiger partial charge on any atom is 0.397 e. The molecule has 2 aromatic rings. The summed E-state index contributed by atoms with van der Waals surface area (Å²) in [5, 5.41) is 0.523. The zero-order valence-electron chi connectivity index (χ0n) is 14.1. The molecule has 0 bridgehead atoms. The van der Waals surface area contributed by atoms with Gasteiger partial charge in [0.25, 0.3) is 0 Å². The molecule has 1 amide bonds. The van der Waals surface area contributed by atoms with Crippen molar-refractivity contribution in [2.45, 2.75) is 6.54 Å². The van der Waals surface area contributed by atoms with Crippen LogP contribution in [0.4, 0.5) is 4.39 Å². The number of methoxy groups -OCH3 is 2. The smallest absolute Gasteiger partial charge is 0.397 e. The van der Waals surface area contributed by atoms with Crippen molar-refractivity contribution >= 4 is 35.3 Å². The number of amides is 1. The molecule has 134 valence electrons. The third-order valence-corrected chi connectivity index (χ3v) is 4.30. The molecule has 0 aliphatic carbocycles. The predicted molar refractivity (Wildman–Crippen MR) is 94.8 cm³/mol. The molecule has 0 atom stereocenters. The SMILES string of the molecule is COC(=O)C(=O)N1Cc2cc(Cl)ccc2C=C1c1ccc(F)c(OC)c1. The Kier molecular flexibility index (Phi) is 4.95. The number of rotatable bonds is 2. The van der Waals surface area contributed by atoms with Crippen molar-refractivity contribution < 1.29 is 23.5 Å². The summed E-state index contributed by atoms with van der Waals surface area (Å²) < 4.78 is 23.3. The zero-order valence-corrected chi connectivity index (χ0v) is 14.8. The summed E-state index contributed by atoms with van der Waals surface area (Å²) in [7, 11) is 2.49. The first kappa shape index (κ1) is 17.9.